The molecule has 0 unspecified atom stereocenters. The lowest BCUT2D eigenvalue weighted by molar-refractivity contribution is 0.104. The number of phenols is 1. The monoisotopic (exact) mass is 251 g/mol. The van der Waals surface area contributed by atoms with Crippen LogP contribution in [-0.4, -0.2) is 28.9 Å². The summed E-state index contributed by atoms with van der Waals surface area (Å²) >= 11 is 5.79. The Balaban J connectivity index is 2.10. The molecule has 0 atom stereocenters. The van der Waals surface area contributed by atoms with Crippen molar-refractivity contribution in [3.8, 4) is 5.75 Å². The normalized spacial score (nSPS) is 15.7. The van der Waals surface area contributed by atoms with Crippen LogP contribution < -0.4 is 0 Å². The molecule has 1 aliphatic heterocycles. The SMILES string of the molecule is O=C(/C=C/N1CCCC1)c1cc(Cl)ccc1O. The number of rotatable bonds is 3. The van der Waals surface area contributed by atoms with Crippen LogP contribution in [0.15, 0.2) is 30.5 Å². The minimum Gasteiger partial charge on any atom is -0.507 e. The predicted octanol–water partition coefficient (Wildman–Crippen LogP) is 2.84. The van der Waals surface area contributed by atoms with Gasteiger partial charge in [-0.2, -0.15) is 0 Å². The van der Waals surface area contributed by atoms with Gasteiger partial charge in [-0.15, -0.1) is 0 Å². The van der Waals surface area contributed by atoms with Gasteiger partial charge in [-0.3, -0.25) is 4.79 Å². The lowest BCUT2D eigenvalue weighted by Gasteiger charge is -2.09. The van der Waals surface area contributed by atoms with Crippen LogP contribution in [0.3, 0.4) is 0 Å². The minimum atomic E-state index is -0.225. The van der Waals surface area contributed by atoms with Gasteiger partial charge in [0.1, 0.15) is 5.75 Å². The maximum atomic E-state index is 11.8. The number of benzene rings is 1. The largest absolute Gasteiger partial charge is 0.507 e. The molecule has 1 aromatic rings. The fourth-order valence-corrected chi connectivity index (χ4v) is 2.03. The van der Waals surface area contributed by atoms with Crippen LogP contribution in [0.5, 0.6) is 5.75 Å². The maximum absolute atomic E-state index is 11.8. The summed E-state index contributed by atoms with van der Waals surface area (Å²) in [6, 6.07) is 4.46. The van der Waals surface area contributed by atoms with Gasteiger partial charge in [-0.25, -0.2) is 0 Å². The standard InChI is InChI=1S/C13H14ClNO2/c14-10-3-4-12(16)11(9-10)13(17)5-8-15-6-1-2-7-15/h3-5,8-9,16H,1-2,6-7H2/b8-5+. The van der Waals surface area contributed by atoms with Gasteiger partial charge >= 0.3 is 0 Å². The first-order chi connectivity index (χ1) is 8.16. The first-order valence-corrected chi connectivity index (χ1v) is 6.00. The Kier molecular flexibility index (Phi) is 3.69. The number of halogens is 1. The number of allylic oxidation sites excluding steroid dienone is 1. The van der Waals surface area contributed by atoms with Gasteiger partial charge in [-0.05, 0) is 31.0 Å². The van der Waals surface area contributed by atoms with Crippen molar-refractivity contribution in [3.05, 3.63) is 41.1 Å². The van der Waals surface area contributed by atoms with Gasteiger partial charge in [-0.1, -0.05) is 11.6 Å². The van der Waals surface area contributed by atoms with Crippen molar-refractivity contribution in [1.29, 1.82) is 0 Å². The van der Waals surface area contributed by atoms with Crippen molar-refractivity contribution >= 4 is 17.4 Å². The molecule has 4 heteroatoms. The summed E-state index contributed by atoms with van der Waals surface area (Å²) in [6.45, 7) is 1.98. The summed E-state index contributed by atoms with van der Waals surface area (Å²) in [6.07, 6.45) is 5.61. The highest BCUT2D eigenvalue weighted by atomic mass is 35.5. The topological polar surface area (TPSA) is 40.5 Å². The van der Waals surface area contributed by atoms with Gasteiger partial charge in [0.25, 0.3) is 0 Å². The van der Waals surface area contributed by atoms with Crippen LogP contribution in [0.2, 0.25) is 5.02 Å². The summed E-state index contributed by atoms with van der Waals surface area (Å²) in [7, 11) is 0. The lowest BCUT2D eigenvalue weighted by atomic mass is 10.1. The second kappa shape index (κ2) is 5.23. The van der Waals surface area contributed by atoms with Crippen LogP contribution in [0.1, 0.15) is 23.2 Å². The number of hydrogen-bond acceptors (Lipinski definition) is 3. The van der Waals surface area contributed by atoms with Gasteiger partial charge in [0.15, 0.2) is 5.78 Å². The van der Waals surface area contributed by atoms with Gasteiger partial charge in [0, 0.05) is 30.4 Å². The van der Waals surface area contributed by atoms with E-state index in [4.69, 9.17) is 11.6 Å². The molecule has 3 nitrogen and oxygen atoms in total. The van der Waals surface area contributed by atoms with E-state index in [1.807, 2.05) is 0 Å². The van der Waals surface area contributed by atoms with Crippen molar-refractivity contribution in [2.45, 2.75) is 12.8 Å². The Morgan fingerprint density at radius 2 is 2.06 bits per heavy atom. The Morgan fingerprint density at radius 3 is 2.76 bits per heavy atom. The molecule has 1 heterocycles. The molecule has 0 aromatic heterocycles. The molecule has 17 heavy (non-hydrogen) atoms. The maximum Gasteiger partial charge on any atom is 0.191 e. The highest BCUT2D eigenvalue weighted by Crippen LogP contribution is 2.22. The van der Waals surface area contributed by atoms with Crippen molar-refractivity contribution < 1.29 is 9.90 Å². The summed E-state index contributed by atoms with van der Waals surface area (Å²) < 4.78 is 0. The summed E-state index contributed by atoms with van der Waals surface area (Å²) in [5.74, 6) is -0.262. The van der Waals surface area contributed by atoms with Crippen LogP contribution in [0, 0.1) is 0 Å². The second-order valence-corrected chi connectivity index (χ2v) is 4.52. The number of ketones is 1. The summed E-state index contributed by atoms with van der Waals surface area (Å²) in [5, 5.41) is 10.0. The highest BCUT2D eigenvalue weighted by Gasteiger charge is 2.11. The number of nitrogens with zero attached hydrogens (tertiary/aromatic N) is 1. The third kappa shape index (κ3) is 3.01. The van der Waals surface area contributed by atoms with Crippen LogP contribution in [-0.2, 0) is 0 Å². The van der Waals surface area contributed by atoms with E-state index in [-0.39, 0.29) is 17.1 Å². The average Bonchev–Trinajstić information content (AvgIpc) is 2.82. The molecular formula is C13H14ClNO2. The van der Waals surface area contributed by atoms with Crippen molar-refractivity contribution in [2.75, 3.05) is 13.1 Å². The smallest absolute Gasteiger partial charge is 0.191 e. The lowest BCUT2D eigenvalue weighted by Crippen LogP contribution is -2.11. The van der Waals surface area contributed by atoms with E-state index in [1.54, 1.807) is 12.3 Å². The number of likely N-dealkylation sites (tertiary alicyclic amines) is 1. The molecule has 0 amide bonds. The summed E-state index contributed by atoms with van der Waals surface area (Å²) in [4.78, 5) is 13.9. The minimum absolute atomic E-state index is 0.0366. The fourth-order valence-electron chi connectivity index (χ4n) is 1.86. The van der Waals surface area contributed by atoms with Crippen LogP contribution in [0.25, 0.3) is 0 Å². The van der Waals surface area contributed by atoms with Crippen molar-refractivity contribution in [1.82, 2.24) is 4.90 Å². The molecule has 0 radical (unpaired) electrons. The zero-order valence-corrected chi connectivity index (χ0v) is 10.2. The molecule has 2 rings (SSSR count). The zero-order chi connectivity index (χ0) is 12.3. The number of hydrogen-bond donors (Lipinski definition) is 1. The molecule has 90 valence electrons. The number of carbonyl (C=O) groups excluding carboxylic acids is 1. The van der Waals surface area contributed by atoms with E-state index < -0.39 is 0 Å². The predicted molar refractivity (Wildman–Crippen MR) is 67.4 cm³/mol. The molecule has 0 spiro atoms. The van der Waals surface area contributed by atoms with Gasteiger partial charge in [0.2, 0.25) is 0 Å². The van der Waals surface area contributed by atoms with Crippen molar-refractivity contribution in [3.63, 3.8) is 0 Å². The zero-order valence-electron chi connectivity index (χ0n) is 9.40. The van der Waals surface area contributed by atoms with E-state index in [1.165, 1.54) is 31.1 Å². The Hall–Kier alpha value is -1.48. The molecule has 1 N–H and O–H groups in total. The third-order valence-electron chi connectivity index (χ3n) is 2.80. The quantitative estimate of drug-likeness (QED) is 0.663. The van der Waals surface area contributed by atoms with E-state index in [0.29, 0.717) is 5.02 Å². The second-order valence-electron chi connectivity index (χ2n) is 4.08. The van der Waals surface area contributed by atoms with Gasteiger partial charge < -0.3 is 10.0 Å². The Labute approximate surface area is 105 Å². The molecule has 1 aromatic carbocycles. The molecule has 1 aliphatic rings. The number of carbonyl (C=O) groups is 1. The average molecular weight is 252 g/mol. The Morgan fingerprint density at radius 1 is 1.35 bits per heavy atom. The number of phenolic OH excluding ortho intramolecular Hbond substituents is 1. The van der Waals surface area contributed by atoms with Crippen molar-refractivity contribution in [2.24, 2.45) is 0 Å². The molecule has 0 bridgehead atoms. The fraction of sp³-hybridized carbons (Fsp3) is 0.308. The van der Waals surface area contributed by atoms with Gasteiger partial charge in [0.05, 0.1) is 5.56 Å². The Bertz CT molecular complexity index is 451. The molecule has 1 saturated heterocycles. The van der Waals surface area contributed by atoms with Crippen LogP contribution >= 0.6 is 11.6 Å². The number of aromatic hydroxyl groups is 1. The molecule has 0 aliphatic carbocycles. The summed E-state index contributed by atoms with van der Waals surface area (Å²) in [5.41, 5.74) is 0.243. The first-order valence-electron chi connectivity index (χ1n) is 5.62. The molecule has 0 saturated carbocycles. The highest BCUT2D eigenvalue weighted by molar-refractivity contribution is 6.31. The van der Waals surface area contributed by atoms with E-state index in [0.717, 1.165) is 13.1 Å². The molecular weight excluding hydrogens is 238 g/mol. The first kappa shape index (κ1) is 12.0. The molecule has 1 fully saturated rings. The van der Waals surface area contributed by atoms with E-state index in [9.17, 15) is 9.90 Å². The van der Waals surface area contributed by atoms with E-state index >= 15 is 0 Å². The van der Waals surface area contributed by atoms with Crippen LogP contribution in [0.4, 0.5) is 0 Å². The van der Waals surface area contributed by atoms with E-state index in [2.05, 4.69) is 4.90 Å². The third-order valence-corrected chi connectivity index (χ3v) is 3.04.